The summed E-state index contributed by atoms with van der Waals surface area (Å²) in [5, 5.41) is 3.30. The summed E-state index contributed by atoms with van der Waals surface area (Å²) in [6.45, 7) is 9.57. The summed E-state index contributed by atoms with van der Waals surface area (Å²) in [5.41, 5.74) is 0. The van der Waals surface area contributed by atoms with E-state index in [4.69, 9.17) is 0 Å². The highest BCUT2D eigenvalue weighted by molar-refractivity contribution is 7.91. The molecular weight excluding hydrogens is 292 g/mol. The van der Waals surface area contributed by atoms with Crippen LogP contribution < -0.4 is 5.32 Å². The molecule has 20 heavy (non-hydrogen) atoms. The monoisotopic (exact) mass is 318 g/mol. The molecule has 1 atom stereocenters. The predicted octanol–water partition coefficient (Wildman–Crippen LogP) is 2.91. The van der Waals surface area contributed by atoms with Gasteiger partial charge < -0.3 is 5.32 Å². The lowest BCUT2D eigenvalue weighted by atomic mass is 10.1. The number of hydrogen-bond donors (Lipinski definition) is 1. The van der Waals surface area contributed by atoms with Crippen molar-refractivity contribution in [2.75, 3.05) is 13.6 Å². The third kappa shape index (κ3) is 4.84. The number of rotatable bonds is 8. The normalized spacial score (nSPS) is 14.2. The number of nitrogens with zero attached hydrogens (tertiary/aromatic N) is 1. The van der Waals surface area contributed by atoms with E-state index < -0.39 is 10.0 Å². The van der Waals surface area contributed by atoms with Gasteiger partial charge in [-0.3, -0.25) is 0 Å². The molecule has 0 saturated heterocycles. The molecule has 0 radical (unpaired) electrons. The van der Waals surface area contributed by atoms with Crippen LogP contribution in [-0.4, -0.2) is 32.4 Å². The van der Waals surface area contributed by atoms with Crippen LogP contribution in [0.2, 0.25) is 0 Å². The van der Waals surface area contributed by atoms with Crippen molar-refractivity contribution in [2.24, 2.45) is 5.92 Å². The summed E-state index contributed by atoms with van der Waals surface area (Å²) >= 11 is 1.35. The molecule has 0 spiro atoms. The first-order valence-corrected chi connectivity index (χ1v) is 9.31. The molecule has 0 saturated carbocycles. The van der Waals surface area contributed by atoms with E-state index in [-0.39, 0.29) is 0 Å². The summed E-state index contributed by atoms with van der Waals surface area (Å²) in [6.07, 6.45) is 0.980. The van der Waals surface area contributed by atoms with Gasteiger partial charge in [-0.2, -0.15) is 4.31 Å². The Hall–Kier alpha value is -0.430. The minimum Gasteiger partial charge on any atom is -0.310 e. The molecule has 1 unspecified atom stereocenters. The fraction of sp³-hybridized carbons (Fsp3) is 0.714. The highest BCUT2D eigenvalue weighted by Gasteiger charge is 2.23. The molecule has 1 rings (SSSR count). The maximum absolute atomic E-state index is 12.5. The molecule has 6 heteroatoms. The van der Waals surface area contributed by atoms with Crippen LogP contribution in [-0.2, 0) is 16.6 Å². The fourth-order valence-corrected chi connectivity index (χ4v) is 4.52. The molecule has 0 aromatic carbocycles. The van der Waals surface area contributed by atoms with Crippen molar-refractivity contribution in [1.82, 2.24) is 9.62 Å². The maximum atomic E-state index is 12.5. The molecule has 0 aliphatic heterocycles. The van der Waals surface area contributed by atoms with Crippen molar-refractivity contribution in [3.8, 4) is 0 Å². The van der Waals surface area contributed by atoms with Gasteiger partial charge in [0.2, 0.25) is 0 Å². The van der Waals surface area contributed by atoms with Crippen molar-refractivity contribution in [2.45, 2.75) is 50.9 Å². The zero-order valence-corrected chi connectivity index (χ0v) is 14.6. The molecule has 4 nitrogen and oxygen atoms in total. The summed E-state index contributed by atoms with van der Waals surface area (Å²) in [7, 11) is -1.68. The van der Waals surface area contributed by atoms with E-state index in [9.17, 15) is 8.42 Å². The van der Waals surface area contributed by atoms with Crippen LogP contribution in [0.4, 0.5) is 0 Å². The lowest BCUT2D eigenvalue weighted by Gasteiger charge is -2.19. The van der Waals surface area contributed by atoms with Crippen LogP contribution >= 0.6 is 11.3 Å². The maximum Gasteiger partial charge on any atom is 0.252 e. The van der Waals surface area contributed by atoms with Crippen LogP contribution in [0.25, 0.3) is 0 Å². The van der Waals surface area contributed by atoms with Crippen LogP contribution in [0.5, 0.6) is 0 Å². The first kappa shape index (κ1) is 17.6. The number of nitrogens with one attached hydrogen (secondary N) is 1. The second-order valence-electron chi connectivity index (χ2n) is 5.56. The first-order chi connectivity index (χ1) is 9.27. The zero-order chi connectivity index (χ0) is 15.3. The second-order valence-corrected chi connectivity index (χ2v) is 9.00. The van der Waals surface area contributed by atoms with Gasteiger partial charge in [0.05, 0.1) is 0 Å². The molecule has 0 amide bonds. The molecule has 1 heterocycles. The lowest BCUT2D eigenvalue weighted by molar-refractivity contribution is 0.394. The van der Waals surface area contributed by atoms with E-state index in [1.165, 1.54) is 15.6 Å². The van der Waals surface area contributed by atoms with Gasteiger partial charge in [-0.15, -0.1) is 11.3 Å². The molecule has 1 aromatic rings. The topological polar surface area (TPSA) is 49.4 Å². The SMILES string of the molecule is CCC(C)CN(C)S(=O)(=O)c1ccc(CNC(C)C)s1. The Morgan fingerprint density at radius 3 is 2.50 bits per heavy atom. The molecular formula is C14H26N2O2S2. The van der Waals surface area contributed by atoms with E-state index in [1.54, 1.807) is 13.1 Å². The lowest BCUT2D eigenvalue weighted by Crippen LogP contribution is -2.30. The van der Waals surface area contributed by atoms with Crippen LogP contribution in [0.1, 0.15) is 39.0 Å². The van der Waals surface area contributed by atoms with Gasteiger partial charge in [0.1, 0.15) is 4.21 Å². The van der Waals surface area contributed by atoms with Crippen molar-refractivity contribution in [3.63, 3.8) is 0 Å². The van der Waals surface area contributed by atoms with Crippen molar-refractivity contribution >= 4 is 21.4 Å². The average molecular weight is 319 g/mol. The molecule has 0 bridgehead atoms. The van der Waals surface area contributed by atoms with Crippen molar-refractivity contribution in [1.29, 1.82) is 0 Å². The molecule has 0 fully saturated rings. The summed E-state index contributed by atoms with van der Waals surface area (Å²) < 4.78 is 26.8. The fourth-order valence-electron chi connectivity index (χ4n) is 1.72. The quantitative estimate of drug-likeness (QED) is 0.802. The van der Waals surface area contributed by atoms with Crippen LogP contribution in [0, 0.1) is 5.92 Å². The predicted molar refractivity (Wildman–Crippen MR) is 85.6 cm³/mol. The number of sulfonamides is 1. The van der Waals surface area contributed by atoms with Crippen LogP contribution in [0.3, 0.4) is 0 Å². The van der Waals surface area contributed by atoms with Gasteiger partial charge >= 0.3 is 0 Å². The summed E-state index contributed by atoms with van der Waals surface area (Å²) in [5.74, 6) is 0.372. The summed E-state index contributed by atoms with van der Waals surface area (Å²) in [4.78, 5) is 1.05. The Bertz CT molecular complexity index is 509. The number of hydrogen-bond acceptors (Lipinski definition) is 4. The minimum atomic E-state index is -3.34. The largest absolute Gasteiger partial charge is 0.310 e. The molecule has 1 aromatic heterocycles. The Kier molecular flexibility index (Phi) is 6.64. The Morgan fingerprint density at radius 1 is 1.30 bits per heavy atom. The average Bonchev–Trinajstić information content (AvgIpc) is 2.85. The van der Waals surface area contributed by atoms with Crippen molar-refractivity contribution in [3.05, 3.63) is 17.0 Å². The number of thiophene rings is 1. The second kappa shape index (κ2) is 7.54. The minimum absolute atomic E-state index is 0.372. The summed E-state index contributed by atoms with van der Waals surface area (Å²) in [6, 6.07) is 4.00. The van der Waals surface area contributed by atoms with E-state index in [1.807, 2.05) is 6.07 Å². The van der Waals surface area contributed by atoms with E-state index in [0.29, 0.717) is 29.3 Å². The smallest absolute Gasteiger partial charge is 0.252 e. The Balaban J connectivity index is 2.77. The van der Waals surface area contributed by atoms with Gasteiger partial charge in [-0.1, -0.05) is 34.1 Å². The highest BCUT2D eigenvalue weighted by Crippen LogP contribution is 2.25. The van der Waals surface area contributed by atoms with Crippen LogP contribution in [0.15, 0.2) is 16.3 Å². The van der Waals surface area contributed by atoms with E-state index >= 15 is 0 Å². The van der Waals surface area contributed by atoms with E-state index in [0.717, 1.165) is 11.3 Å². The van der Waals surface area contributed by atoms with E-state index in [2.05, 4.69) is 33.0 Å². The highest BCUT2D eigenvalue weighted by atomic mass is 32.2. The standard InChI is InChI=1S/C14H26N2O2S2/c1-6-12(4)10-16(5)20(17,18)14-8-7-13(19-14)9-15-11(2)3/h7-8,11-12,15H,6,9-10H2,1-5H3. The van der Waals surface area contributed by atoms with Gasteiger partial charge in [0, 0.05) is 31.1 Å². The first-order valence-electron chi connectivity index (χ1n) is 7.05. The van der Waals surface area contributed by atoms with Gasteiger partial charge in [0.25, 0.3) is 10.0 Å². The molecule has 116 valence electrons. The van der Waals surface area contributed by atoms with Crippen molar-refractivity contribution < 1.29 is 8.42 Å². The third-order valence-electron chi connectivity index (χ3n) is 3.25. The van der Waals surface area contributed by atoms with Gasteiger partial charge in [0.15, 0.2) is 0 Å². The van der Waals surface area contributed by atoms with Gasteiger partial charge in [-0.05, 0) is 18.1 Å². The molecule has 0 aliphatic carbocycles. The molecule has 0 aliphatic rings. The Labute approximate surface area is 127 Å². The third-order valence-corrected chi connectivity index (χ3v) is 6.63. The Morgan fingerprint density at radius 2 is 1.95 bits per heavy atom. The zero-order valence-electron chi connectivity index (χ0n) is 13.0. The van der Waals surface area contributed by atoms with Gasteiger partial charge in [-0.25, -0.2) is 8.42 Å². The molecule has 1 N–H and O–H groups in total.